The molecule has 0 saturated heterocycles. The van der Waals surface area contributed by atoms with Gasteiger partial charge in [0.2, 0.25) is 5.82 Å². The average Bonchev–Trinajstić information content (AvgIpc) is 2.20. The van der Waals surface area contributed by atoms with Gasteiger partial charge in [-0.05, 0) is 12.8 Å². The predicted octanol–water partition coefficient (Wildman–Crippen LogP) is 3.18. The SMILES string of the molecule is O=[N+]([O-])c1cc(F)c(OC2CC(Br)C2)cc1F. The molecule has 0 heterocycles. The van der Waals surface area contributed by atoms with Crippen LogP contribution in [0.15, 0.2) is 12.1 Å². The molecule has 1 aromatic carbocycles. The monoisotopic (exact) mass is 307 g/mol. The van der Waals surface area contributed by atoms with Gasteiger partial charge < -0.3 is 4.74 Å². The van der Waals surface area contributed by atoms with E-state index in [1.807, 2.05) is 0 Å². The Morgan fingerprint density at radius 3 is 2.53 bits per heavy atom. The molecule has 1 fully saturated rings. The molecule has 1 aliphatic rings. The maximum Gasteiger partial charge on any atom is 0.307 e. The molecule has 1 aliphatic carbocycles. The Labute approximate surface area is 104 Å². The fourth-order valence-corrected chi connectivity index (χ4v) is 2.36. The third-order valence-electron chi connectivity index (χ3n) is 2.53. The van der Waals surface area contributed by atoms with Crippen molar-refractivity contribution in [2.75, 3.05) is 0 Å². The summed E-state index contributed by atoms with van der Waals surface area (Å²) in [4.78, 5) is 9.73. The predicted molar refractivity (Wildman–Crippen MR) is 59.4 cm³/mol. The van der Waals surface area contributed by atoms with E-state index in [0.717, 1.165) is 6.07 Å². The second kappa shape index (κ2) is 4.56. The zero-order valence-corrected chi connectivity index (χ0v) is 10.1. The van der Waals surface area contributed by atoms with Crippen molar-refractivity contribution in [3.8, 4) is 5.75 Å². The molecule has 0 bridgehead atoms. The van der Waals surface area contributed by atoms with Crippen LogP contribution in [-0.4, -0.2) is 15.9 Å². The van der Waals surface area contributed by atoms with Gasteiger partial charge in [-0.2, -0.15) is 4.39 Å². The van der Waals surface area contributed by atoms with Gasteiger partial charge in [0.05, 0.1) is 11.0 Å². The maximum absolute atomic E-state index is 13.4. The number of ether oxygens (including phenoxy) is 1. The molecule has 0 unspecified atom stereocenters. The summed E-state index contributed by atoms with van der Waals surface area (Å²) >= 11 is 3.34. The lowest BCUT2D eigenvalue weighted by molar-refractivity contribution is -0.387. The summed E-state index contributed by atoms with van der Waals surface area (Å²) < 4.78 is 31.8. The summed E-state index contributed by atoms with van der Waals surface area (Å²) in [6.07, 6.45) is 1.24. The van der Waals surface area contributed by atoms with Gasteiger partial charge in [0, 0.05) is 10.9 Å². The fraction of sp³-hybridized carbons (Fsp3) is 0.400. The van der Waals surface area contributed by atoms with Gasteiger partial charge >= 0.3 is 5.69 Å². The van der Waals surface area contributed by atoms with E-state index in [2.05, 4.69) is 15.9 Å². The number of halogens is 3. The number of rotatable bonds is 3. The van der Waals surface area contributed by atoms with Gasteiger partial charge in [-0.25, -0.2) is 4.39 Å². The first kappa shape index (κ1) is 12.2. The molecule has 1 saturated carbocycles. The van der Waals surface area contributed by atoms with Crippen LogP contribution in [0.4, 0.5) is 14.5 Å². The summed E-state index contributed by atoms with van der Waals surface area (Å²) in [7, 11) is 0. The summed E-state index contributed by atoms with van der Waals surface area (Å²) in [6, 6.07) is 1.25. The van der Waals surface area contributed by atoms with Crippen LogP contribution in [0.3, 0.4) is 0 Å². The molecule has 0 radical (unpaired) electrons. The molecule has 17 heavy (non-hydrogen) atoms. The molecule has 92 valence electrons. The first-order valence-electron chi connectivity index (χ1n) is 4.91. The van der Waals surface area contributed by atoms with Gasteiger partial charge in [0.15, 0.2) is 11.6 Å². The Hall–Kier alpha value is -1.24. The largest absolute Gasteiger partial charge is 0.487 e. The molecule has 0 atom stereocenters. The number of hydrogen-bond acceptors (Lipinski definition) is 3. The Morgan fingerprint density at radius 1 is 1.35 bits per heavy atom. The highest BCUT2D eigenvalue weighted by Crippen LogP contribution is 2.33. The normalized spacial score (nSPS) is 23.0. The summed E-state index contributed by atoms with van der Waals surface area (Å²) in [6.45, 7) is 0. The minimum absolute atomic E-state index is 0.172. The highest BCUT2D eigenvalue weighted by atomic mass is 79.9. The smallest absolute Gasteiger partial charge is 0.307 e. The zero-order valence-electron chi connectivity index (χ0n) is 8.53. The van der Waals surface area contributed by atoms with Crippen LogP contribution in [0, 0.1) is 21.7 Å². The van der Waals surface area contributed by atoms with Crippen molar-refractivity contribution in [1.82, 2.24) is 0 Å². The van der Waals surface area contributed by atoms with Crippen molar-refractivity contribution >= 4 is 21.6 Å². The molecule has 0 N–H and O–H groups in total. The zero-order chi connectivity index (χ0) is 12.6. The molecule has 0 amide bonds. The van der Waals surface area contributed by atoms with E-state index in [-0.39, 0.29) is 11.9 Å². The number of nitro benzene ring substituents is 1. The first-order chi connectivity index (χ1) is 7.97. The lowest BCUT2D eigenvalue weighted by Crippen LogP contribution is -2.34. The van der Waals surface area contributed by atoms with Crippen LogP contribution in [-0.2, 0) is 0 Å². The molecular weight excluding hydrogens is 300 g/mol. The fourth-order valence-electron chi connectivity index (χ4n) is 1.53. The van der Waals surface area contributed by atoms with E-state index in [1.54, 1.807) is 0 Å². The van der Waals surface area contributed by atoms with Gasteiger partial charge in [-0.15, -0.1) is 0 Å². The van der Waals surface area contributed by atoms with E-state index in [4.69, 9.17) is 4.74 Å². The number of nitrogens with zero attached hydrogens (tertiary/aromatic N) is 1. The van der Waals surface area contributed by atoms with Crippen LogP contribution in [0.25, 0.3) is 0 Å². The number of hydrogen-bond donors (Lipinski definition) is 0. The van der Waals surface area contributed by atoms with Crippen LogP contribution in [0.5, 0.6) is 5.75 Å². The third-order valence-corrected chi connectivity index (χ3v) is 3.28. The van der Waals surface area contributed by atoms with E-state index in [9.17, 15) is 18.9 Å². The van der Waals surface area contributed by atoms with Crippen molar-refractivity contribution in [2.45, 2.75) is 23.8 Å². The summed E-state index contributed by atoms with van der Waals surface area (Å²) in [5.74, 6) is -2.30. The van der Waals surface area contributed by atoms with Crippen LogP contribution < -0.4 is 4.74 Å². The van der Waals surface area contributed by atoms with Crippen LogP contribution in [0.1, 0.15) is 12.8 Å². The first-order valence-corrected chi connectivity index (χ1v) is 5.83. The second-order valence-electron chi connectivity index (χ2n) is 3.80. The van der Waals surface area contributed by atoms with Gasteiger partial charge in [-0.3, -0.25) is 10.1 Å². The molecule has 1 aromatic rings. The highest BCUT2D eigenvalue weighted by Gasteiger charge is 2.30. The number of alkyl halides is 1. The van der Waals surface area contributed by atoms with E-state index in [1.165, 1.54) is 0 Å². The van der Waals surface area contributed by atoms with E-state index in [0.29, 0.717) is 23.7 Å². The Bertz CT molecular complexity index is 463. The summed E-state index contributed by atoms with van der Waals surface area (Å²) in [5.41, 5.74) is -0.887. The van der Waals surface area contributed by atoms with Gasteiger partial charge in [-0.1, -0.05) is 15.9 Å². The molecule has 0 spiro atoms. The molecule has 0 aliphatic heterocycles. The Balaban J connectivity index is 2.18. The van der Waals surface area contributed by atoms with Crippen LogP contribution in [0.2, 0.25) is 0 Å². The quantitative estimate of drug-likeness (QED) is 0.489. The molecular formula is C10H8BrF2NO3. The molecule has 4 nitrogen and oxygen atoms in total. The van der Waals surface area contributed by atoms with Crippen LogP contribution >= 0.6 is 15.9 Å². The lowest BCUT2D eigenvalue weighted by atomic mass is 9.96. The standard InChI is InChI=1S/C10H8BrF2NO3/c11-5-1-6(2-5)17-10-4-7(12)9(14(15)16)3-8(10)13/h3-6H,1-2H2. The topological polar surface area (TPSA) is 52.4 Å². The molecule has 7 heteroatoms. The average molecular weight is 308 g/mol. The van der Waals surface area contributed by atoms with E-state index < -0.39 is 22.2 Å². The molecule has 2 rings (SSSR count). The van der Waals surface area contributed by atoms with E-state index >= 15 is 0 Å². The minimum atomic E-state index is -1.10. The lowest BCUT2D eigenvalue weighted by Gasteiger charge is -2.31. The maximum atomic E-state index is 13.4. The highest BCUT2D eigenvalue weighted by molar-refractivity contribution is 9.09. The Kier molecular flexibility index (Phi) is 3.28. The summed E-state index contributed by atoms with van der Waals surface area (Å²) in [5, 5.41) is 10.4. The van der Waals surface area contributed by atoms with Crippen molar-refractivity contribution in [3.05, 3.63) is 33.9 Å². The van der Waals surface area contributed by atoms with Crippen molar-refractivity contribution < 1.29 is 18.4 Å². The third kappa shape index (κ3) is 2.54. The number of nitro groups is 1. The van der Waals surface area contributed by atoms with Gasteiger partial charge in [0.1, 0.15) is 6.10 Å². The number of benzene rings is 1. The van der Waals surface area contributed by atoms with Gasteiger partial charge in [0.25, 0.3) is 0 Å². The minimum Gasteiger partial charge on any atom is -0.487 e. The Morgan fingerprint density at radius 2 is 2.00 bits per heavy atom. The van der Waals surface area contributed by atoms with Crippen molar-refractivity contribution in [2.24, 2.45) is 0 Å². The second-order valence-corrected chi connectivity index (χ2v) is 5.09. The van der Waals surface area contributed by atoms with Crippen molar-refractivity contribution in [3.63, 3.8) is 0 Å². The molecule has 0 aromatic heterocycles. The van der Waals surface area contributed by atoms with Crippen molar-refractivity contribution in [1.29, 1.82) is 0 Å².